The second kappa shape index (κ2) is 3.83. The minimum Gasteiger partial charge on any atom is -0.479 e. The van der Waals surface area contributed by atoms with Gasteiger partial charge in [0, 0.05) is 7.05 Å². The number of sulfonamides is 1. The van der Waals surface area contributed by atoms with Crippen molar-refractivity contribution in [1.82, 2.24) is 4.31 Å². The minimum atomic E-state index is -3.42. The summed E-state index contributed by atoms with van der Waals surface area (Å²) < 4.78 is 22.2. The quantitative estimate of drug-likeness (QED) is 0.561. The Morgan fingerprint density at radius 2 is 2.00 bits per heavy atom. The lowest BCUT2D eigenvalue weighted by molar-refractivity contribution is -0.146. The molecule has 0 amide bonds. The topological polar surface area (TPSA) is 94.9 Å². The van der Waals surface area contributed by atoms with Gasteiger partial charge in [0.2, 0.25) is 10.0 Å². The smallest absolute Gasteiger partial charge is 0.333 e. The molecule has 0 aromatic rings. The molecule has 0 heterocycles. The van der Waals surface area contributed by atoms with Crippen molar-refractivity contribution in [3.8, 4) is 0 Å². The van der Waals surface area contributed by atoms with Crippen LogP contribution in [0.2, 0.25) is 0 Å². The standard InChI is InChI=1S/C5H11NO5S/c1-6(12(2,10)11)3-4(7)5(8)9/h4,7H,3H2,1-2H3,(H,8,9)/t4-/m0/s1. The van der Waals surface area contributed by atoms with Crippen LogP contribution in [0.25, 0.3) is 0 Å². The maximum absolute atomic E-state index is 10.7. The van der Waals surface area contributed by atoms with Crippen molar-refractivity contribution in [3.05, 3.63) is 0 Å². The van der Waals surface area contributed by atoms with Crippen LogP contribution >= 0.6 is 0 Å². The number of aliphatic hydroxyl groups is 1. The van der Waals surface area contributed by atoms with Gasteiger partial charge in [0.15, 0.2) is 6.10 Å². The number of likely N-dealkylation sites (N-methyl/N-ethyl adjacent to an activating group) is 1. The van der Waals surface area contributed by atoms with Crippen LogP contribution in [0, 0.1) is 0 Å². The third-order valence-corrected chi connectivity index (χ3v) is 2.56. The van der Waals surface area contributed by atoms with Gasteiger partial charge in [-0.05, 0) is 0 Å². The number of hydrogen-bond donors (Lipinski definition) is 2. The van der Waals surface area contributed by atoms with Crippen LogP contribution < -0.4 is 0 Å². The van der Waals surface area contributed by atoms with E-state index >= 15 is 0 Å². The van der Waals surface area contributed by atoms with E-state index in [-0.39, 0.29) is 0 Å². The summed E-state index contributed by atoms with van der Waals surface area (Å²) in [5.74, 6) is -1.44. The van der Waals surface area contributed by atoms with Crippen LogP contribution in [0.5, 0.6) is 0 Å². The highest BCUT2D eigenvalue weighted by Gasteiger charge is 2.20. The highest BCUT2D eigenvalue weighted by Crippen LogP contribution is 1.95. The predicted octanol–water partition coefficient (Wildman–Crippen LogP) is -1.68. The van der Waals surface area contributed by atoms with Crippen molar-refractivity contribution in [2.75, 3.05) is 19.8 Å². The van der Waals surface area contributed by atoms with Crippen molar-refractivity contribution in [2.24, 2.45) is 0 Å². The Labute approximate surface area is 70.5 Å². The first-order valence-electron chi connectivity index (χ1n) is 3.07. The molecule has 12 heavy (non-hydrogen) atoms. The van der Waals surface area contributed by atoms with Gasteiger partial charge < -0.3 is 10.2 Å². The SMILES string of the molecule is CN(C[C@H](O)C(=O)O)S(C)(=O)=O. The van der Waals surface area contributed by atoms with E-state index in [1.54, 1.807) is 0 Å². The predicted molar refractivity (Wildman–Crippen MR) is 41.1 cm³/mol. The fraction of sp³-hybridized carbons (Fsp3) is 0.800. The van der Waals surface area contributed by atoms with Crippen LogP contribution in [-0.4, -0.2) is 54.9 Å². The molecule has 0 radical (unpaired) electrons. The number of carboxylic acids is 1. The molecular formula is C5H11NO5S. The van der Waals surface area contributed by atoms with Crippen LogP contribution in [0.15, 0.2) is 0 Å². The first kappa shape index (κ1) is 11.3. The van der Waals surface area contributed by atoms with Crippen molar-refractivity contribution >= 4 is 16.0 Å². The average molecular weight is 197 g/mol. The Balaban J connectivity index is 4.20. The highest BCUT2D eigenvalue weighted by molar-refractivity contribution is 7.88. The minimum absolute atomic E-state index is 0.436. The molecule has 1 atom stereocenters. The Morgan fingerprint density at radius 1 is 1.58 bits per heavy atom. The van der Waals surface area contributed by atoms with Crippen LogP contribution in [0.1, 0.15) is 0 Å². The molecule has 0 aliphatic heterocycles. The molecule has 0 aliphatic carbocycles. The molecule has 2 N–H and O–H groups in total. The third-order valence-electron chi connectivity index (χ3n) is 1.28. The molecule has 6 nitrogen and oxygen atoms in total. The second-order valence-electron chi connectivity index (χ2n) is 2.40. The van der Waals surface area contributed by atoms with E-state index in [0.29, 0.717) is 0 Å². The number of carboxylic acid groups (broad SMARTS) is 1. The Hall–Kier alpha value is -0.660. The number of aliphatic hydroxyl groups excluding tert-OH is 1. The molecule has 72 valence electrons. The highest BCUT2D eigenvalue weighted by atomic mass is 32.2. The summed E-state index contributed by atoms with van der Waals surface area (Å²) >= 11 is 0. The maximum Gasteiger partial charge on any atom is 0.333 e. The lowest BCUT2D eigenvalue weighted by Crippen LogP contribution is -2.37. The number of nitrogens with zero attached hydrogens (tertiary/aromatic N) is 1. The fourth-order valence-corrected chi connectivity index (χ4v) is 0.869. The summed E-state index contributed by atoms with van der Waals surface area (Å²) in [6.45, 7) is -0.436. The van der Waals surface area contributed by atoms with Gasteiger partial charge in [-0.25, -0.2) is 17.5 Å². The lowest BCUT2D eigenvalue weighted by atomic mass is 10.4. The van der Waals surface area contributed by atoms with Gasteiger partial charge in [0.05, 0.1) is 12.8 Å². The van der Waals surface area contributed by atoms with Gasteiger partial charge in [-0.1, -0.05) is 0 Å². The zero-order valence-corrected chi connectivity index (χ0v) is 7.58. The molecule has 0 spiro atoms. The summed E-state index contributed by atoms with van der Waals surface area (Å²) in [4.78, 5) is 10.1. The summed E-state index contributed by atoms with van der Waals surface area (Å²) in [5.41, 5.74) is 0. The first-order chi connectivity index (χ1) is 5.25. The fourth-order valence-electron chi connectivity index (χ4n) is 0.457. The Bertz CT molecular complexity index is 259. The summed E-state index contributed by atoms with van der Waals surface area (Å²) in [6.07, 6.45) is -0.744. The lowest BCUT2D eigenvalue weighted by Gasteiger charge is -2.15. The van der Waals surface area contributed by atoms with E-state index in [2.05, 4.69) is 0 Å². The third kappa shape index (κ3) is 3.65. The van der Waals surface area contributed by atoms with Gasteiger partial charge >= 0.3 is 5.97 Å². The Kier molecular flexibility index (Phi) is 3.62. The molecule has 0 aromatic heterocycles. The largest absolute Gasteiger partial charge is 0.479 e. The van der Waals surface area contributed by atoms with Gasteiger partial charge in [-0.3, -0.25) is 0 Å². The number of hydrogen-bond acceptors (Lipinski definition) is 4. The summed E-state index contributed by atoms with van der Waals surface area (Å²) in [6, 6.07) is 0. The molecular weight excluding hydrogens is 186 g/mol. The molecule has 0 aliphatic rings. The van der Waals surface area contributed by atoms with E-state index < -0.39 is 28.6 Å². The molecule has 0 bridgehead atoms. The molecule has 7 heteroatoms. The maximum atomic E-state index is 10.7. The zero-order chi connectivity index (χ0) is 9.94. The zero-order valence-electron chi connectivity index (χ0n) is 6.76. The molecule has 0 rings (SSSR count). The van der Waals surface area contributed by atoms with E-state index in [0.717, 1.165) is 10.6 Å². The molecule has 0 fully saturated rings. The number of aliphatic carboxylic acids is 1. The first-order valence-corrected chi connectivity index (χ1v) is 4.92. The van der Waals surface area contributed by atoms with Gasteiger partial charge in [-0.2, -0.15) is 0 Å². The number of rotatable bonds is 4. The average Bonchev–Trinajstić information content (AvgIpc) is 1.85. The van der Waals surface area contributed by atoms with E-state index in [9.17, 15) is 13.2 Å². The normalized spacial score (nSPS) is 14.7. The van der Waals surface area contributed by atoms with Crippen molar-refractivity contribution in [2.45, 2.75) is 6.10 Å². The Morgan fingerprint density at radius 3 is 2.25 bits per heavy atom. The summed E-state index contributed by atoms with van der Waals surface area (Å²) in [7, 11) is -2.23. The van der Waals surface area contributed by atoms with Crippen molar-refractivity contribution in [3.63, 3.8) is 0 Å². The van der Waals surface area contributed by atoms with Crippen molar-refractivity contribution < 1.29 is 23.4 Å². The van der Waals surface area contributed by atoms with Crippen LogP contribution in [0.4, 0.5) is 0 Å². The van der Waals surface area contributed by atoms with Gasteiger partial charge in [0.25, 0.3) is 0 Å². The van der Waals surface area contributed by atoms with E-state index in [4.69, 9.17) is 10.2 Å². The van der Waals surface area contributed by atoms with Crippen LogP contribution in [0.3, 0.4) is 0 Å². The molecule has 0 unspecified atom stereocenters. The van der Waals surface area contributed by atoms with E-state index in [1.807, 2.05) is 0 Å². The van der Waals surface area contributed by atoms with Crippen molar-refractivity contribution in [1.29, 1.82) is 0 Å². The molecule has 0 saturated carbocycles. The molecule has 0 aromatic carbocycles. The van der Waals surface area contributed by atoms with Gasteiger partial charge in [-0.15, -0.1) is 0 Å². The second-order valence-corrected chi connectivity index (χ2v) is 4.49. The molecule has 0 saturated heterocycles. The van der Waals surface area contributed by atoms with E-state index in [1.165, 1.54) is 7.05 Å². The number of carbonyl (C=O) groups is 1. The van der Waals surface area contributed by atoms with Gasteiger partial charge in [0.1, 0.15) is 0 Å². The monoisotopic (exact) mass is 197 g/mol. The van der Waals surface area contributed by atoms with Crippen LogP contribution in [-0.2, 0) is 14.8 Å². The summed E-state index contributed by atoms with van der Waals surface area (Å²) in [5, 5.41) is 17.0.